The van der Waals surface area contributed by atoms with E-state index in [1.807, 2.05) is 13.8 Å². The van der Waals surface area contributed by atoms with Gasteiger partial charge in [0.2, 0.25) is 21.9 Å². The Morgan fingerprint density at radius 1 is 1.28 bits per heavy atom. The Bertz CT molecular complexity index is 1460. The van der Waals surface area contributed by atoms with Crippen molar-refractivity contribution in [2.45, 2.75) is 58.0 Å². The van der Waals surface area contributed by atoms with Gasteiger partial charge in [0.05, 0.1) is 38.8 Å². The minimum atomic E-state index is -3.71. The van der Waals surface area contributed by atoms with Crippen molar-refractivity contribution >= 4 is 38.9 Å². The predicted octanol–water partition coefficient (Wildman–Crippen LogP) is 4.09. The van der Waals surface area contributed by atoms with Gasteiger partial charge >= 0.3 is 0 Å². The van der Waals surface area contributed by atoms with Gasteiger partial charge in [-0.2, -0.15) is 0 Å². The number of halogens is 1. The summed E-state index contributed by atoms with van der Waals surface area (Å²) in [6, 6.07) is 6.16. The summed E-state index contributed by atoms with van der Waals surface area (Å²) in [7, 11) is -3.71. The van der Waals surface area contributed by atoms with E-state index in [9.17, 15) is 13.2 Å². The summed E-state index contributed by atoms with van der Waals surface area (Å²) in [6.45, 7) is 6.21. The minimum Gasteiger partial charge on any atom is -0.378 e. The van der Waals surface area contributed by atoms with Gasteiger partial charge in [0, 0.05) is 29.7 Å². The van der Waals surface area contributed by atoms with E-state index in [2.05, 4.69) is 14.7 Å². The van der Waals surface area contributed by atoms with E-state index in [4.69, 9.17) is 21.2 Å². The smallest absolute Gasteiger partial charge is 0.232 e. The Hall–Kier alpha value is -3.16. The highest BCUT2D eigenvalue weighted by Gasteiger charge is 2.35. The molecule has 5 N–H and O–H groups in total. The highest BCUT2D eigenvalue weighted by molar-refractivity contribution is 7.92. The number of amides is 1. The molecule has 210 valence electrons. The number of nitrogens with one attached hydrogen (secondary N) is 1. The zero-order valence-corrected chi connectivity index (χ0v) is 23.7. The molecule has 0 saturated carbocycles. The Morgan fingerprint density at radius 2 is 2.05 bits per heavy atom. The van der Waals surface area contributed by atoms with E-state index >= 15 is 4.39 Å². The summed E-state index contributed by atoms with van der Waals surface area (Å²) in [5, 5.41) is 0.700. The lowest BCUT2D eigenvalue weighted by atomic mass is 9.82. The number of anilines is 2. The lowest BCUT2D eigenvalue weighted by Gasteiger charge is -2.33. The molecule has 2 atom stereocenters. The van der Waals surface area contributed by atoms with Crippen molar-refractivity contribution in [1.82, 2.24) is 15.0 Å². The molecule has 10 nitrogen and oxygen atoms in total. The first-order chi connectivity index (χ1) is 18.4. The average molecular weight is 577 g/mol. The molecule has 3 aromatic rings. The topological polar surface area (TPSA) is 163 Å². The monoisotopic (exact) mass is 576 g/mol. The number of carbonyl (C=O) groups excluding carboxylic acids is 1. The number of ether oxygens (including phenoxy) is 1. The molecule has 1 fully saturated rings. The van der Waals surface area contributed by atoms with Crippen LogP contribution in [0, 0.1) is 11.7 Å². The van der Waals surface area contributed by atoms with E-state index < -0.39 is 21.3 Å². The molecule has 0 aliphatic carbocycles. The van der Waals surface area contributed by atoms with E-state index in [0.717, 1.165) is 0 Å². The number of hydrogen-bond donors (Lipinski definition) is 3. The molecule has 13 heteroatoms. The number of rotatable bonds is 10. The molecule has 1 aliphatic heterocycles. The predicted molar refractivity (Wildman–Crippen MR) is 150 cm³/mol. The maximum Gasteiger partial charge on any atom is 0.232 e. The van der Waals surface area contributed by atoms with Crippen molar-refractivity contribution in [1.29, 1.82) is 0 Å². The normalized spacial score (nSPS) is 18.2. The molecule has 1 aliphatic rings. The third-order valence-corrected chi connectivity index (χ3v) is 9.53. The molecule has 1 aromatic carbocycles. The van der Waals surface area contributed by atoms with Crippen LogP contribution in [0.25, 0.3) is 21.8 Å². The number of primary amides is 1. The fourth-order valence-electron chi connectivity index (χ4n) is 4.68. The quantitative estimate of drug-likeness (QED) is 0.325. The summed E-state index contributed by atoms with van der Waals surface area (Å²) in [5.41, 5.74) is 11.6. The Balaban J connectivity index is 1.76. The largest absolute Gasteiger partial charge is 0.378 e. The fraction of sp³-hybridized carbons (Fsp3) is 0.462. The maximum atomic E-state index is 15.8. The summed E-state index contributed by atoms with van der Waals surface area (Å²) < 4.78 is 48.8. The standard InChI is InChI=1S/C26H33FN6O4S2/c1-4-12-39(35,36)33-18-7-5-6-17(20(18)27)21-22(19-8-10-30-25(29)31-19)38-24(32-21)26(2,3)14-16-13-15(23(28)34)9-11-37-16/h5-8,10,15-16,33H,4,9,11-14H2,1-3H3,(H2,28,34)(H2,29,30,31). The van der Waals surface area contributed by atoms with Crippen LogP contribution in [0.5, 0.6) is 0 Å². The molecule has 3 heterocycles. The zero-order chi connectivity index (χ0) is 28.4. The third-order valence-electron chi connectivity index (χ3n) is 6.61. The molecule has 1 amide bonds. The van der Waals surface area contributed by atoms with Gasteiger partial charge in [0.15, 0.2) is 5.82 Å². The van der Waals surface area contributed by atoms with E-state index in [1.165, 1.54) is 23.6 Å². The number of aromatic nitrogens is 3. The van der Waals surface area contributed by atoms with E-state index in [0.29, 0.717) is 53.6 Å². The van der Waals surface area contributed by atoms with Crippen molar-refractivity contribution < 1.29 is 22.3 Å². The fourth-order valence-corrected chi connectivity index (χ4v) is 6.98. The van der Waals surface area contributed by atoms with Crippen LogP contribution < -0.4 is 16.2 Å². The molecular weight excluding hydrogens is 543 g/mol. The Labute approximate surface area is 231 Å². The first-order valence-electron chi connectivity index (χ1n) is 12.7. The zero-order valence-electron chi connectivity index (χ0n) is 22.1. The van der Waals surface area contributed by atoms with Crippen LogP contribution in [0.2, 0.25) is 0 Å². The molecule has 4 rings (SSSR count). The molecule has 2 aromatic heterocycles. The van der Waals surface area contributed by atoms with Crippen LogP contribution in [0.4, 0.5) is 16.0 Å². The van der Waals surface area contributed by atoms with Crippen molar-refractivity contribution in [2.75, 3.05) is 22.8 Å². The number of hydrogen-bond acceptors (Lipinski definition) is 9. The first kappa shape index (κ1) is 28.8. The molecule has 0 spiro atoms. The van der Waals surface area contributed by atoms with Gasteiger partial charge in [-0.1, -0.05) is 26.8 Å². The maximum absolute atomic E-state index is 15.8. The highest BCUT2D eigenvalue weighted by atomic mass is 32.2. The summed E-state index contributed by atoms with van der Waals surface area (Å²) in [5.74, 6) is -1.38. The van der Waals surface area contributed by atoms with Crippen LogP contribution in [0.1, 0.15) is 51.5 Å². The Morgan fingerprint density at radius 3 is 2.74 bits per heavy atom. The molecule has 39 heavy (non-hydrogen) atoms. The van der Waals surface area contributed by atoms with Gasteiger partial charge in [0.1, 0.15) is 0 Å². The number of sulfonamides is 1. The summed E-state index contributed by atoms with van der Waals surface area (Å²) in [6.07, 6.45) is 3.41. The van der Waals surface area contributed by atoms with Gasteiger partial charge in [-0.05, 0) is 43.9 Å². The number of thiazole rings is 1. The molecule has 0 radical (unpaired) electrons. The third kappa shape index (κ3) is 6.71. The average Bonchev–Trinajstić information content (AvgIpc) is 3.31. The van der Waals surface area contributed by atoms with Crippen molar-refractivity contribution in [3.05, 3.63) is 41.3 Å². The van der Waals surface area contributed by atoms with Crippen LogP contribution in [0.3, 0.4) is 0 Å². The molecule has 1 saturated heterocycles. The second kappa shape index (κ2) is 11.5. The van der Waals surface area contributed by atoms with Crippen molar-refractivity contribution in [2.24, 2.45) is 11.7 Å². The van der Waals surface area contributed by atoms with Gasteiger partial charge in [-0.3, -0.25) is 9.52 Å². The van der Waals surface area contributed by atoms with Gasteiger partial charge in [-0.15, -0.1) is 11.3 Å². The lowest BCUT2D eigenvalue weighted by Crippen LogP contribution is -2.37. The number of carbonyl (C=O) groups is 1. The van der Waals surface area contributed by atoms with Gasteiger partial charge < -0.3 is 16.2 Å². The molecular formula is C26H33FN6O4S2. The first-order valence-corrected chi connectivity index (χ1v) is 15.2. The van der Waals surface area contributed by atoms with Crippen LogP contribution in [-0.4, -0.2) is 47.7 Å². The van der Waals surface area contributed by atoms with Gasteiger partial charge in [-0.25, -0.2) is 27.8 Å². The van der Waals surface area contributed by atoms with Crippen molar-refractivity contribution in [3.8, 4) is 21.8 Å². The number of nitrogens with zero attached hydrogens (tertiary/aromatic N) is 3. The summed E-state index contributed by atoms with van der Waals surface area (Å²) >= 11 is 1.35. The van der Waals surface area contributed by atoms with E-state index in [1.54, 1.807) is 25.1 Å². The molecule has 2 unspecified atom stereocenters. The number of nitrogen functional groups attached to an aromatic ring is 1. The number of nitrogens with two attached hydrogens (primary N) is 2. The van der Waals surface area contributed by atoms with Crippen LogP contribution >= 0.6 is 11.3 Å². The van der Waals surface area contributed by atoms with Crippen LogP contribution in [-0.2, 0) is 25.0 Å². The second-order valence-electron chi connectivity index (χ2n) is 10.3. The highest BCUT2D eigenvalue weighted by Crippen LogP contribution is 2.44. The SMILES string of the molecule is CCCS(=O)(=O)Nc1cccc(-c2nc(C(C)(C)CC3CC(C(N)=O)CCO3)sc2-c2ccnc(N)n2)c1F. The van der Waals surface area contributed by atoms with Gasteiger partial charge in [0.25, 0.3) is 0 Å². The van der Waals surface area contributed by atoms with Crippen LogP contribution in [0.15, 0.2) is 30.5 Å². The number of benzene rings is 1. The Kier molecular flexibility index (Phi) is 8.52. The van der Waals surface area contributed by atoms with E-state index in [-0.39, 0.29) is 40.9 Å². The molecule has 0 bridgehead atoms. The second-order valence-corrected chi connectivity index (χ2v) is 13.1. The lowest BCUT2D eigenvalue weighted by molar-refractivity contribution is -0.127. The summed E-state index contributed by atoms with van der Waals surface area (Å²) in [4.78, 5) is 25.5. The van der Waals surface area contributed by atoms with Crippen molar-refractivity contribution in [3.63, 3.8) is 0 Å². The minimum absolute atomic E-state index is 0.0577.